The number of aldehydes is 1. The lowest BCUT2D eigenvalue weighted by Gasteiger charge is -2.27. The van der Waals surface area contributed by atoms with Crippen LogP contribution in [0, 0.1) is 0 Å². The van der Waals surface area contributed by atoms with Crippen LogP contribution < -0.4 is 4.90 Å². The molecule has 7 aromatic rings. The molecule has 0 aliphatic rings. The predicted molar refractivity (Wildman–Crippen MR) is 179 cm³/mol. The number of fused-ring (bicyclic) bond motifs is 4. The first-order valence-electron chi connectivity index (χ1n) is 14.3. The van der Waals surface area contributed by atoms with Crippen LogP contribution in [0.2, 0.25) is 0 Å². The molecule has 7 rings (SSSR count). The lowest BCUT2D eigenvalue weighted by atomic mass is 9.98. The van der Waals surface area contributed by atoms with E-state index in [0.717, 1.165) is 39.7 Å². The van der Waals surface area contributed by atoms with Gasteiger partial charge in [0.2, 0.25) is 0 Å². The Hall–Kier alpha value is -5.80. The van der Waals surface area contributed by atoms with Gasteiger partial charge in [0.25, 0.3) is 0 Å². The smallest absolute Gasteiger partial charge is 0.186 e. The van der Waals surface area contributed by atoms with Crippen molar-refractivity contribution in [1.29, 1.82) is 0 Å². The number of rotatable bonds is 7. The first kappa shape index (κ1) is 26.1. The number of carbonyl (C=O) groups is 2. The molecule has 0 aliphatic heterocycles. The Bertz CT molecular complexity index is 2160. The van der Waals surface area contributed by atoms with Crippen molar-refractivity contribution in [2.75, 3.05) is 4.90 Å². The SMILES string of the molecule is O=Cc1cc2ccccc2cc1C(=O)/C=C\c1ccc(N(c2ccccc2)c2cc3ccccc3c3ccccc23)cc1. The van der Waals surface area contributed by atoms with Gasteiger partial charge in [-0.1, -0.05) is 109 Å². The van der Waals surface area contributed by atoms with Crippen molar-refractivity contribution in [2.24, 2.45) is 0 Å². The van der Waals surface area contributed by atoms with Gasteiger partial charge in [-0.2, -0.15) is 0 Å². The quantitative estimate of drug-likeness (QED) is 0.0853. The Balaban J connectivity index is 1.26. The van der Waals surface area contributed by atoms with Gasteiger partial charge >= 0.3 is 0 Å². The average molecular weight is 554 g/mol. The molecule has 0 heterocycles. The third kappa shape index (κ3) is 4.98. The maximum absolute atomic E-state index is 13.2. The molecule has 0 atom stereocenters. The summed E-state index contributed by atoms with van der Waals surface area (Å²) in [7, 11) is 0. The van der Waals surface area contributed by atoms with Crippen molar-refractivity contribution in [3.05, 3.63) is 168 Å². The lowest BCUT2D eigenvalue weighted by molar-refractivity contribution is 0.103. The highest BCUT2D eigenvalue weighted by molar-refractivity contribution is 6.15. The molecule has 43 heavy (non-hydrogen) atoms. The Morgan fingerprint density at radius 1 is 0.535 bits per heavy atom. The van der Waals surface area contributed by atoms with Crippen molar-refractivity contribution < 1.29 is 9.59 Å². The van der Waals surface area contributed by atoms with E-state index in [-0.39, 0.29) is 5.78 Å². The summed E-state index contributed by atoms with van der Waals surface area (Å²) < 4.78 is 0. The van der Waals surface area contributed by atoms with Crippen LogP contribution in [0.5, 0.6) is 0 Å². The molecule has 0 fully saturated rings. The summed E-state index contributed by atoms with van der Waals surface area (Å²) >= 11 is 0. The zero-order chi connectivity index (χ0) is 29.2. The monoisotopic (exact) mass is 553 g/mol. The molecule has 0 saturated heterocycles. The van der Waals surface area contributed by atoms with Crippen LogP contribution >= 0.6 is 0 Å². The summed E-state index contributed by atoms with van der Waals surface area (Å²) in [5.41, 5.74) is 4.84. The molecule has 204 valence electrons. The van der Waals surface area contributed by atoms with Crippen molar-refractivity contribution in [3.8, 4) is 0 Å². The molecule has 3 heteroatoms. The summed E-state index contributed by atoms with van der Waals surface area (Å²) in [5, 5.41) is 6.64. The van der Waals surface area contributed by atoms with E-state index in [1.807, 2.05) is 42.5 Å². The van der Waals surface area contributed by atoms with Crippen LogP contribution in [-0.4, -0.2) is 12.1 Å². The summed E-state index contributed by atoms with van der Waals surface area (Å²) in [6, 6.07) is 49.1. The second-order valence-electron chi connectivity index (χ2n) is 10.5. The fourth-order valence-electron chi connectivity index (χ4n) is 5.79. The van der Waals surface area contributed by atoms with Gasteiger partial charge in [0.1, 0.15) is 0 Å². The summed E-state index contributed by atoms with van der Waals surface area (Å²) in [4.78, 5) is 27.2. The van der Waals surface area contributed by atoms with Gasteiger partial charge in [-0.25, -0.2) is 0 Å². The highest BCUT2D eigenvalue weighted by Gasteiger charge is 2.17. The molecule has 7 aromatic carbocycles. The Morgan fingerprint density at radius 3 is 1.84 bits per heavy atom. The van der Waals surface area contributed by atoms with E-state index in [2.05, 4.69) is 95.9 Å². The van der Waals surface area contributed by atoms with Crippen molar-refractivity contribution in [1.82, 2.24) is 0 Å². The second-order valence-corrected chi connectivity index (χ2v) is 10.5. The minimum Gasteiger partial charge on any atom is -0.310 e. The molecule has 0 radical (unpaired) electrons. The predicted octanol–water partition coefficient (Wildman–Crippen LogP) is 10.3. The number of para-hydroxylation sites is 1. The van der Waals surface area contributed by atoms with Crippen molar-refractivity contribution in [3.63, 3.8) is 0 Å². The Morgan fingerprint density at radius 2 is 1.12 bits per heavy atom. The minimum absolute atomic E-state index is 0.203. The van der Waals surface area contributed by atoms with Crippen LogP contribution in [0.15, 0.2) is 152 Å². The molecule has 0 bridgehead atoms. The first-order valence-corrected chi connectivity index (χ1v) is 14.3. The standard InChI is InChI=1S/C40H27NO2/c42-27-32-24-29-10-4-5-11-30(29)25-38(32)40(43)23-20-28-18-21-34(22-19-28)41(33-13-2-1-3-14-33)39-26-31-12-6-7-15-35(31)36-16-8-9-17-37(36)39/h1-27H/b23-20-. The average Bonchev–Trinajstić information content (AvgIpc) is 3.07. The molecule has 0 saturated carbocycles. The van der Waals surface area contributed by atoms with E-state index in [1.54, 1.807) is 18.2 Å². The molecule has 0 aliphatic carbocycles. The zero-order valence-corrected chi connectivity index (χ0v) is 23.4. The number of hydrogen-bond acceptors (Lipinski definition) is 3. The van der Waals surface area contributed by atoms with Gasteiger partial charge in [-0.05, 0) is 81.0 Å². The largest absolute Gasteiger partial charge is 0.310 e. The molecule has 0 aromatic heterocycles. The molecule has 0 spiro atoms. The van der Waals surface area contributed by atoms with Crippen LogP contribution in [0.25, 0.3) is 38.4 Å². The van der Waals surface area contributed by atoms with Crippen LogP contribution in [0.3, 0.4) is 0 Å². The normalized spacial score (nSPS) is 11.3. The highest BCUT2D eigenvalue weighted by atomic mass is 16.1. The lowest BCUT2D eigenvalue weighted by Crippen LogP contribution is -2.10. The minimum atomic E-state index is -0.203. The van der Waals surface area contributed by atoms with Gasteiger partial charge < -0.3 is 4.90 Å². The molecule has 0 unspecified atom stereocenters. The summed E-state index contributed by atoms with van der Waals surface area (Å²) in [5.74, 6) is -0.203. The number of anilines is 3. The van der Waals surface area contributed by atoms with E-state index < -0.39 is 0 Å². The number of carbonyl (C=O) groups excluding carboxylic acids is 2. The molecule has 3 nitrogen and oxygen atoms in total. The number of allylic oxidation sites excluding steroid dienone is 1. The van der Waals surface area contributed by atoms with Gasteiger partial charge in [0.15, 0.2) is 12.1 Å². The van der Waals surface area contributed by atoms with E-state index in [9.17, 15) is 9.59 Å². The van der Waals surface area contributed by atoms with Gasteiger partial charge in [0, 0.05) is 27.9 Å². The molecular formula is C40H27NO2. The second kappa shape index (κ2) is 11.2. The fraction of sp³-hybridized carbons (Fsp3) is 0. The van der Waals surface area contributed by atoms with E-state index in [1.165, 1.54) is 27.6 Å². The maximum Gasteiger partial charge on any atom is 0.186 e. The Labute approximate surface area is 250 Å². The summed E-state index contributed by atoms with van der Waals surface area (Å²) in [6.45, 7) is 0. The third-order valence-corrected chi connectivity index (χ3v) is 7.89. The molecular weight excluding hydrogens is 526 g/mol. The van der Waals surface area contributed by atoms with Crippen molar-refractivity contribution in [2.45, 2.75) is 0 Å². The molecule has 0 amide bonds. The van der Waals surface area contributed by atoms with Crippen molar-refractivity contribution >= 4 is 67.5 Å². The summed E-state index contributed by atoms with van der Waals surface area (Å²) in [6.07, 6.45) is 4.09. The number of benzene rings is 7. The third-order valence-electron chi connectivity index (χ3n) is 7.89. The number of nitrogens with zero attached hydrogens (tertiary/aromatic N) is 1. The number of hydrogen-bond donors (Lipinski definition) is 0. The maximum atomic E-state index is 13.2. The van der Waals surface area contributed by atoms with Crippen LogP contribution in [0.4, 0.5) is 17.1 Å². The van der Waals surface area contributed by atoms with E-state index >= 15 is 0 Å². The highest BCUT2D eigenvalue weighted by Crippen LogP contribution is 2.41. The molecule has 0 N–H and O–H groups in total. The fourth-order valence-corrected chi connectivity index (χ4v) is 5.79. The van der Waals surface area contributed by atoms with E-state index in [4.69, 9.17) is 0 Å². The van der Waals surface area contributed by atoms with Crippen LogP contribution in [0.1, 0.15) is 26.3 Å². The Kier molecular flexibility index (Phi) is 6.82. The van der Waals surface area contributed by atoms with Gasteiger partial charge in [0.05, 0.1) is 5.69 Å². The van der Waals surface area contributed by atoms with Gasteiger partial charge in [-0.15, -0.1) is 0 Å². The van der Waals surface area contributed by atoms with Gasteiger partial charge in [-0.3, -0.25) is 9.59 Å². The van der Waals surface area contributed by atoms with E-state index in [0.29, 0.717) is 11.1 Å². The zero-order valence-electron chi connectivity index (χ0n) is 23.4. The first-order chi connectivity index (χ1) is 21.2. The topological polar surface area (TPSA) is 37.4 Å². The number of ketones is 1. The van der Waals surface area contributed by atoms with Crippen LogP contribution in [-0.2, 0) is 0 Å².